The van der Waals surface area contributed by atoms with E-state index in [0.717, 1.165) is 5.57 Å². The number of halogens is 1. The molecule has 1 aliphatic rings. The van der Waals surface area contributed by atoms with E-state index in [1.165, 1.54) is 6.08 Å². The maximum Gasteiger partial charge on any atom is 0.331 e. The van der Waals surface area contributed by atoms with Gasteiger partial charge in [-0.25, -0.2) is 4.79 Å². The second kappa shape index (κ2) is 4.76. The Kier molecular flexibility index (Phi) is 3.91. The van der Waals surface area contributed by atoms with E-state index < -0.39 is 17.4 Å². The molecule has 2 N–H and O–H groups in total. The predicted octanol–water partition coefficient (Wildman–Crippen LogP) is 2.68. The van der Waals surface area contributed by atoms with Gasteiger partial charge in [0.25, 0.3) is 0 Å². The number of hydrogen-bond donors (Lipinski definition) is 2. The molecule has 0 aliphatic heterocycles. The zero-order valence-electron chi connectivity index (χ0n) is 10.7. The standard InChI is InChI=1S/C13H17ClO4/c1-12(2,3)9-4-8(10(15)16)5-13(6-9,7-14)11(17)18/h5-6H,4,7H2,1-3H3,(H,15,16)(H,17,18). The third-order valence-electron chi connectivity index (χ3n) is 3.10. The Hall–Kier alpha value is -1.29. The Labute approximate surface area is 111 Å². The van der Waals surface area contributed by atoms with Gasteiger partial charge in [-0.2, -0.15) is 0 Å². The number of carbonyl (C=O) groups is 2. The second-order valence-electron chi connectivity index (χ2n) is 5.55. The number of carboxylic acids is 2. The van der Waals surface area contributed by atoms with Gasteiger partial charge in [0.1, 0.15) is 5.41 Å². The minimum absolute atomic E-state index is 0.0884. The first-order chi connectivity index (χ1) is 8.12. The van der Waals surface area contributed by atoms with Crippen LogP contribution in [0.5, 0.6) is 0 Å². The summed E-state index contributed by atoms with van der Waals surface area (Å²) in [6.07, 6.45) is 3.10. The molecule has 18 heavy (non-hydrogen) atoms. The molecule has 1 aliphatic carbocycles. The Morgan fingerprint density at radius 2 is 1.89 bits per heavy atom. The van der Waals surface area contributed by atoms with Crippen molar-refractivity contribution in [2.75, 3.05) is 5.88 Å². The summed E-state index contributed by atoms with van der Waals surface area (Å²) in [6, 6.07) is 0. The van der Waals surface area contributed by atoms with Crippen molar-refractivity contribution in [3.8, 4) is 0 Å². The van der Waals surface area contributed by atoms with Crippen molar-refractivity contribution in [1.29, 1.82) is 0 Å². The predicted molar refractivity (Wildman–Crippen MR) is 68.7 cm³/mol. The Balaban J connectivity index is 3.37. The fourth-order valence-electron chi connectivity index (χ4n) is 1.85. The van der Waals surface area contributed by atoms with Crippen molar-refractivity contribution < 1.29 is 19.8 Å². The van der Waals surface area contributed by atoms with Gasteiger partial charge in [0, 0.05) is 17.9 Å². The first kappa shape index (κ1) is 14.8. The van der Waals surface area contributed by atoms with Gasteiger partial charge in [-0.15, -0.1) is 11.6 Å². The molecule has 0 saturated heterocycles. The van der Waals surface area contributed by atoms with Crippen molar-refractivity contribution in [1.82, 2.24) is 0 Å². The van der Waals surface area contributed by atoms with E-state index in [1.54, 1.807) is 6.08 Å². The lowest BCUT2D eigenvalue weighted by Crippen LogP contribution is -2.34. The van der Waals surface area contributed by atoms with Gasteiger partial charge in [-0.05, 0) is 5.41 Å². The van der Waals surface area contributed by atoms with E-state index in [2.05, 4.69) is 0 Å². The Morgan fingerprint density at radius 1 is 1.33 bits per heavy atom. The smallest absolute Gasteiger partial charge is 0.331 e. The molecule has 0 saturated carbocycles. The number of aliphatic carboxylic acids is 2. The molecule has 0 aromatic rings. The van der Waals surface area contributed by atoms with Crippen LogP contribution in [0.2, 0.25) is 0 Å². The van der Waals surface area contributed by atoms with Crippen molar-refractivity contribution in [2.45, 2.75) is 27.2 Å². The van der Waals surface area contributed by atoms with Crippen LogP contribution >= 0.6 is 11.6 Å². The second-order valence-corrected chi connectivity index (χ2v) is 5.82. The molecular weight excluding hydrogens is 256 g/mol. The molecule has 1 rings (SSSR count). The van der Waals surface area contributed by atoms with Gasteiger partial charge in [0.2, 0.25) is 0 Å². The van der Waals surface area contributed by atoms with Crippen LogP contribution in [0.15, 0.2) is 23.3 Å². The average Bonchev–Trinajstić information content (AvgIpc) is 2.26. The molecule has 0 spiro atoms. The van der Waals surface area contributed by atoms with Crippen LogP contribution in [0.1, 0.15) is 27.2 Å². The first-order valence-electron chi connectivity index (χ1n) is 5.59. The van der Waals surface area contributed by atoms with E-state index in [4.69, 9.17) is 16.7 Å². The average molecular weight is 273 g/mol. The maximum atomic E-state index is 11.4. The number of alkyl halides is 1. The van der Waals surface area contributed by atoms with Crippen LogP contribution in [-0.4, -0.2) is 28.0 Å². The van der Waals surface area contributed by atoms with Gasteiger partial charge < -0.3 is 10.2 Å². The minimum Gasteiger partial charge on any atom is -0.480 e. The van der Waals surface area contributed by atoms with Gasteiger partial charge in [-0.3, -0.25) is 4.79 Å². The van der Waals surface area contributed by atoms with E-state index in [0.29, 0.717) is 0 Å². The number of carboxylic acid groups (broad SMARTS) is 2. The summed E-state index contributed by atoms with van der Waals surface area (Å²) in [5, 5.41) is 18.4. The third kappa shape index (κ3) is 2.75. The van der Waals surface area contributed by atoms with Crippen molar-refractivity contribution in [3.63, 3.8) is 0 Å². The normalized spacial score (nSPS) is 24.2. The highest BCUT2D eigenvalue weighted by molar-refractivity contribution is 6.20. The highest BCUT2D eigenvalue weighted by Gasteiger charge is 2.40. The zero-order valence-corrected chi connectivity index (χ0v) is 11.4. The lowest BCUT2D eigenvalue weighted by molar-refractivity contribution is -0.142. The fraction of sp³-hybridized carbons (Fsp3) is 0.538. The summed E-state index contributed by atoms with van der Waals surface area (Å²) < 4.78 is 0. The van der Waals surface area contributed by atoms with Crippen LogP contribution < -0.4 is 0 Å². The van der Waals surface area contributed by atoms with E-state index >= 15 is 0 Å². The molecule has 1 atom stereocenters. The van der Waals surface area contributed by atoms with E-state index in [1.807, 2.05) is 20.8 Å². The largest absolute Gasteiger partial charge is 0.480 e. The fourth-order valence-corrected chi connectivity index (χ4v) is 2.12. The summed E-state index contributed by atoms with van der Waals surface area (Å²) in [4.78, 5) is 22.5. The molecule has 100 valence electrons. The molecule has 5 heteroatoms. The molecule has 0 radical (unpaired) electrons. The van der Waals surface area contributed by atoms with Crippen molar-refractivity contribution >= 4 is 23.5 Å². The molecule has 0 aromatic carbocycles. The SMILES string of the molecule is CC(C)(C)C1=CC(CCl)(C(=O)O)C=C(C(=O)O)C1. The maximum absolute atomic E-state index is 11.4. The first-order valence-corrected chi connectivity index (χ1v) is 6.12. The van der Waals surface area contributed by atoms with E-state index in [9.17, 15) is 14.7 Å². The number of allylic oxidation sites excluding steroid dienone is 1. The summed E-state index contributed by atoms with van der Waals surface area (Å²) in [6.45, 7) is 5.76. The molecule has 0 heterocycles. The topological polar surface area (TPSA) is 74.6 Å². The van der Waals surface area contributed by atoms with Gasteiger partial charge in [-0.1, -0.05) is 38.5 Å². The minimum atomic E-state index is -1.42. The zero-order chi connectivity index (χ0) is 14.1. The summed E-state index contributed by atoms with van der Waals surface area (Å²) in [7, 11) is 0. The summed E-state index contributed by atoms with van der Waals surface area (Å²) in [5.74, 6) is -2.41. The van der Waals surface area contributed by atoms with E-state index in [-0.39, 0.29) is 23.3 Å². The molecule has 0 bridgehead atoms. The van der Waals surface area contributed by atoms with Crippen molar-refractivity contribution in [2.24, 2.45) is 10.8 Å². The molecular formula is C13H17ClO4. The molecule has 0 amide bonds. The lowest BCUT2D eigenvalue weighted by Gasteiger charge is -2.32. The van der Waals surface area contributed by atoms with Crippen LogP contribution in [0.3, 0.4) is 0 Å². The summed E-state index contributed by atoms with van der Waals surface area (Å²) in [5.41, 5.74) is -0.839. The highest BCUT2D eigenvalue weighted by Crippen LogP contribution is 2.40. The summed E-state index contributed by atoms with van der Waals surface area (Å²) >= 11 is 5.75. The van der Waals surface area contributed by atoms with Crippen LogP contribution in [-0.2, 0) is 9.59 Å². The highest BCUT2D eigenvalue weighted by atomic mass is 35.5. The Morgan fingerprint density at radius 3 is 2.22 bits per heavy atom. The third-order valence-corrected chi connectivity index (χ3v) is 3.54. The van der Waals surface area contributed by atoms with Crippen LogP contribution in [0.4, 0.5) is 0 Å². The molecule has 4 nitrogen and oxygen atoms in total. The monoisotopic (exact) mass is 272 g/mol. The molecule has 0 fully saturated rings. The van der Waals surface area contributed by atoms with Gasteiger partial charge in [0.05, 0.1) is 0 Å². The molecule has 1 unspecified atom stereocenters. The number of hydrogen-bond acceptors (Lipinski definition) is 2. The Bertz CT molecular complexity index is 442. The van der Waals surface area contributed by atoms with Gasteiger partial charge in [0.15, 0.2) is 0 Å². The van der Waals surface area contributed by atoms with Crippen molar-refractivity contribution in [3.05, 3.63) is 23.3 Å². The van der Waals surface area contributed by atoms with Gasteiger partial charge >= 0.3 is 11.9 Å². The molecule has 0 aromatic heterocycles. The quantitative estimate of drug-likeness (QED) is 0.612. The van der Waals surface area contributed by atoms with Crippen LogP contribution in [0, 0.1) is 10.8 Å². The number of rotatable bonds is 3. The lowest BCUT2D eigenvalue weighted by atomic mass is 9.72. The van der Waals surface area contributed by atoms with Crippen LogP contribution in [0.25, 0.3) is 0 Å².